The standard InChI is InChI=1S/C17H24N2O5/c1-11(2)14(15(20)18-12(3)16(21)23-4)19-17(22)24-10-13-8-6-5-7-9-13/h5-9,11-12,14H,10H2,1-4H3,(H,18,20)(H,19,22)/t12-,14-/m1/s1. The van der Waals surface area contributed by atoms with Crippen molar-refractivity contribution in [1.29, 1.82) is 0 Å². The van der Waals surface area contributed by atoms with Crippen molar-refractivity contribution in [2.45, 2.75) is 39.5 Å². The van der Waals surface area contributed by atoms with Crippen LogP contribution in [0.4, 0.5) is 4.79 Å². The SMILES string of the molecule is COC(=O)[C@@H](C)NC(=O)[C@H](NC(=O)OCc1ccccc1)C(C)C. The molecule has 0 spiro atoms. The number of carbonyl (C=O) groups excluding carboxylic acids is 3. The molecule has 0 saturated carbocycles. The van der Waals surface area contributed by atoms with Crippen LogP contribution in [0.2, 0.25) is 0 Å². The molecule has 2 N–H and O–H groups in total. The molecule has 0 bridgehead atoms. The topological polar surface area (TPSA) is 93.7 Å². The maximum atomic E-state index is 12.2. The monoisotopic (exact) mass is 336 g/mol. The number of carbonyl (C=O) groups is 3. The van der Waals surface area contributed by atoms with Crippen molar-refractivity contribution in [2.24, 2.45) is 5.92 Å². The zero-order chi connectivity index (χ0) is 18.1. The van der Waals surface area contributed by atoms with Gasteiger partial charge in [-0.2, -0.15) is 0 Å². The van der Waals surface area contributed by atoms with Crippen molar-refractivity contribution in [3.63, 3.8) is 0 Å². The first kappa shape index (κ1) is 19.5. The fourth-order valence-corrected chi connectivity index (χ4v) is 1.97. The van der Waals surface area contributed by atoms with Gasteiger partial charge in [-0.25, -0.2) is 9.59 Å². The van der Waals surface area contributed by atoms with Crippen molar-refractivity contribution in [3.8, 4) is 0 Å². The lowest BCUT2D eigenvalue weighted by atomic mass is 10.0. The molecule has 0 radical (unpaired) electrons. The lowest BCUT2D eigenvalue weighted by molar-refractivity contribution is -0.144. The van der Waals surface area contributed by atoms with E-state index in [4.69, 9.17) is 4.74 Å². The Labute approximate surface area is 141 Å². The molecule has 7 heteroatoms. The highest BCUT2D eigenvalue weighted by molar-refractivity contribution is 5.89. The van der Waals surface area contributed by atoms with E-state index in [0.717, 1.165) is 5.56 Å². The summed E-state index contributed by atoms with van der Waals surface area (Å²) in [4.78, 5) is 35.5. The molecule has 7 nitrogen and oxygen atoms in total. The fourth-order valence-electron chi connectivity index (χ4n) is 1.97. The van der Waals surface area contributed by atoms with Gasteiger partial charge in [0.05, 0.1) is 7.11 Å². The predicted octanol–water partition coefficient (Wildman–Crippen LogP) is 1.62. The average molecular weight is 336 g/mol. The molecule has 1 aromatic carbocycles. The Balaban J connectivity index is 2.56. The van der Waals surface area contributed by atoms with Crippen molar-refractivity contribution < 1.29 is 23.9 Å². The highest BCUT2D eigenvalue weighted by atomic mass is 16.5. The van der Waals surface area contributed by atoms with E-state index in [2.05, 4.69) is 15.4 Å². The van der Waals surface area contributed by atoms with E-state index < -0.39 is 30.1 Å². The van der Waals surface area contributed by atoms with E-state index in [1.165, 1.54) is 14.0 Å². The minimum atomic E-state index is -0.819. The van der Waals surface area contributed by atoms with Gasteiger partial charge in [0.25, 0.3) is 0 Å². The van der Waals surface area contributed by atoms with Crippen LogP contribution >= 0.6 is 0 Å². The van der Waals surface area contributed by atoms with E-state index in [0.29, 0.717) is 0 Å². The zero-order valence-corrected chi connectivity index (χ0v) is 14.4. The quantitative estimate of drug-likeness (QED) is 0.738. The molecule has 24 heavy (non-hydrogen) atoms. The van der Waals surface area contributed by atoms with Crippen molar-refractivity contribution in [3.05, 3.63) is 35.9 Å². The first-order chi connectivity index (χ1) is 11.3. The molecule has 132 valence electrons. The molecule has 0 aliphatic rings. The van der Waals surface area contributed by atoms with Crippen LogP contribution in [0, 0.1) is 5.92 Å². The molecule has 0 heterocycles. The smallest absolute Gasteiger partial charge is 0.408 e. The second kappa shape index (κ2) is 9.54. The summed E-state index contributed by atoms with van der Waals surface area (Å²) in [5, 5.41) is 5.03. The summed E-state index contributed by atoms with van der Waals surface area (Å²) in [5.74, 6) is -1.21. The normalized spacial score (nSPS) is 12.9. The Kier molecular flexibility index (Phi) is 7.74. The van der Waals surface area contributed by atoms with Crippen LogP contribution in [0.15, 0.2) is 30.3 Å². The van der Waals surface area contributed by atoms with Crippen LogP contribution < -0.4 is 10.6 Å². The van der Waals surface area contributed by atoms with Gasteiger partial charge in [0, 0.05) is 0 Å². The Morgan fingerprint density at radius 3 is 2.21 bits per heavy atom. The summed E-state index contributed by atoms with van der Waals surface area (Å²) in [6, 6.07) is 7.59. The number of nitrogens with one attached hydrogen (secondary N) is 2. The lowest BCUT2D eigenvalue weighted by Gasteiger charge is -2.23. The van der Waals surface area contributed by atoms with Gasteiger partial charge in [0.2, 0.25) is 5.91 Å². The molecule has 1 rings (SSSR count). The number of hydrogen-bond acceptors (Lipinski definition) is 5. The second-order valence-electron chi connectivity index (χ2n) is 5.68. The van der Waals surface area contributed by atoms with Gasteiger partial charge in [-0.05, 0) is 18.4 Å². The summed E-state index contributed by atoms with van der Waals surface area (Å²) in [5.41, 5.74) is 0.845. The summed E-state index contributed by atoms with van der Waals surface area (Å²) < 4.78 is 9.67. The molecule has 0 unspecified atom stereocenters. The van der Waals surface area contributed by atoms with Crippen LogP contribution in [0.3, 0.4) is 0 Å². The molecule has 0 fully saturated rings. The number of ether oxygens (including phenoxy) is 2. The van der Waals surface area contributed by atoms with E-state index in [1.807, 2.05) is 30.3 Å². The van der Waals surface area contributed by atoms with E-state index in [1.54, 1.807) is 13.8 Å². The number of benzene rings is 1. The third-order valence-electron chi connectivity index (χ3n) is 3.35. The van der Waals surface area contributed by atoms with Crippen molar-refractivity contribution in [1.82, 2.24) is 10.6 Å². The maximum Gasteiger partial charge on any atom is 0.408 e. The van der Waals surface area contributed by atoms with Crippen molar-refractivity contribution in [2.75, 3.05) is 7.11 Å². The third kappa shape index (κ3) is 6.28. The molecular weight excluding hydrogens is 312 g/mol. The average Bonchev–Trinajstić information content (AvgIpc) is 2.57. The Morgan fingerprint density at radius 2 is 1.67 bits per heavy atom. The number of alkyl carbamates (subject to hydrolysis) is 1. The van der Waals surface area contributed by atoms with Crippen LogP contribution in [-0.4, -0.2) is 37.2 Å². The predicted molar refractivity (Wildman–Crippen MR) is 88.0 cm³/mol. The number of rotatable bonds is 7. The van der Waals surface area contributed by atoms with Gasteiger partial charge in [-0.1, -0.05) is 44.2 Å². The Bertz CT molecular complexity index is 559. The number of esters is 1. The molecule has 0 saturated heterocycles. The third-order valence-corrected chi connectivity index (χ3v) is 3.35. The van der Waals surface area contributed by atoms with Gasteiger partial charge in [-0.15, -0.1) is 0 Å². The molecule has 1 aromatic rings. The second-order valence-corrected chi connectivity index (χ2v) is 5.68. The van der Waals surface area contributed by atoms with Gasteiger partial charge in [0.15, 0.2) is 0 Å². The van der Waals surface area contributed by atoms with Crippen LogP contribution in [0.5, 0.6) is 0 Å². The number of hydrogen-bond donors (Lipinski definition) is 2. The molecule has 0 aliphatic heterocycles. The Morgan fingerprint density at radius 1 is 1.04 bits per heavy atom. The van der Waals surface area contributed by atoms with Gasteiger partial charge in [-0.3, -0.25) is 4.79 Å². The van der Waals surface area contributed by atoms with E-state index in [-0.39, 0.29) is 12.5 Å². The highest BCUT2D eigenvalue weighted by Crippen LogP contribution is 2.05. The minimum Gasteiger partial charge on any atom is -0.467 e. The summed E-state index contributed by atoms with van der Waals surface area (Å²) in [7, 11) is 1.24. The zero-order valence-electron chi connectivity index (χ0n) is 14.4. The largest absolute Gasteiger partial charge is 0.467 e. The summed E-state index contributed by atoms with van der Waals surface area (Å²) >= 11 is 0. The van der Waals surface area contributed by atoms with Gasteiger partial charge < -0.3 is 20.1 Å². The van der Waals surface area contributed by atoms with E-state index in [9.17, 15) is 14.4 Å². The first-order valence-electron chi connectivity index (χ1n) is 7.70. The van der Waals surface area contributed by atoms with E-state index >= 15 is 0 Å². The van der Waals surface area contributed by atoms with Crippen LogP contribution in [-0.2, 0) is 25.7 Å². The molecule has 2 atom stereocenters. The van der Waals surface area contributed by atoms with Crippen molar-refractivity contribution >= 4 is 18.0 Å². The fraction of sp³-hybridized carbons (Fsp3) is 0.471. The van der Waals surface area contributed by atoms with Gasteiger partial charge >= 0.3 is 12.1 Å². The first-order valence-corrected chi connectivity index (χ1v) is 7.70. The highest BCUT2D eigenvalue weighted by Gasteiger charge is 2.27. The maximum absolute atomic E-state index is 12.2. The molecular formula is C17H24N2O5. The number of methoxy groups -OCH3 is 1. The van der Waals surface area contributed by atoms with Crippen LogP contribution in [0.1, 0.15) is 26.3 Å². The Hall–Kier alpha value is -2.57. The molecule has 2 amide bonds. The van der Waals surface area contributed by atoms with Gasteiger partial charge in [0.1, 0.15) is 18.7 Å². The minimum absolute atomic E-state index is 0.109. The summed E-state index contributed by atoms with van der Waals surface area (Å²) in [6.07, 6.45) is -0.696. The lowest BCUT2D eigenvalue weighted by Crippen LogP contribution is -2.53. The molecule has 0 aliphatic carbocycles. The number of amides is 2. The van der Waals surface area contributed by atoms with Crippen LogP contribution in [0.25, 0.3) is 0 Å². The summed E-state index contributed by atoms with van der Waals surface area (Å²) in [6.45, 7) is 5.18. The molecule has 0 aromatic heterocycles.